The van der Waals surface area contributed by atoms with E-state index < -0.39 is 39.7 Å². The van der Waals surface area contributed by atoms with Gasteiger partial charge in [0.25, 0.3) is 5.69 Å². The summed E-state index contributed by atoms with van der Waals surface area (Å²) in [6, 6.07) is 22.1. The number of allylic oxidation sites excluding steroid dienone is 2. The molecule has 0 heterocycles. The normalized spacial score (nSPS) is 13.1. The van der Waals surface area contributed by atoms with Gasteiger partial charge in [-0.15, -0.1) is 0 Å². The van der Waals surface area contributed by atoms with Crippen LogP contribution in [0.1, 0.15) is 56.9 Å². The number of hydrogen-bond donors (Lipinski definition) is 0. The largest absolute Gasteiger partial charge is 0.497 e. The van der Waals surface area contributed by atoms with E-state index in [9.17, 15) is 19.7 Å². The van der Waals surface area contributed by atoms with Gasteiger partial charge in [0, 0.05) is 6.07 Å². The second kappa shape index (κ2) is 12.4. The van der Waals surface area contributed by atoms with Crippen LogP contribution in [-0.2, 0) is 24.5 Å². The maximum absolute atomic E-state index is 14.4. The van der Waals surface area contributed by atoms with E-state index in [1.54, 1.807) is 64.1 Å². The molecule has 8 nitrogen and oxygen atoms in total. The first-order valence-corrected chi connectivity index (χ1v) is 12.5. The third kappa shape index (κ3) is 6.71. The van der Waals surface area contributed by atoms with Gasteiger partial charge in [-0.3, -0.25) is 19.7 Å². The Morgan fingerprint density at radius 1 is 0.923 bits per heavy atom. The van der Waals surface area contributed by atoms with E-state index in [-0.39, 0.29) is 17.7 Å². The Labute approximate surface area is 228 Å². The Morgan fingerprint density at radius 3 is 1.95 bits per heavy atom. The zero-order chi connectivity index (χ0) is 28.6. The number of carbonyl (C=O) groups excluding carboxylic acids is 2. The van der Waals surface area contributed by atoms with Crippen molar-refractivity contribution < 1.29 is 28.7 Å². The molecule has 0 aromatic heterocycles. The van der Waals surface area contributed by atoms with E-state index in [1.807, 2.05) is 36.4 Å². The van der Waals surface area contributed by atoms with E-state index in [4.69, 9.17) is 14.2 Å². The predicted octanol–water partition coefficient (Wildman–Crippen LogP) is 6.48. The van der Waals surface area contributed by atoms with E-state index in [1.165, 1.54) is 25.3 Å². The van der Waals surface area contributed by atoms with Gasteiger partial charge in [-0.05, 0) is 57.4 Å². The Morgan fingerprint density at radius 2 is 1.49 bits per heavy atom. The average molecular weight is 532 g/mol. The molecule has 0 amide bonds. The standard InChI is InChI=1S/C31H33NO7/c1-6-7-20-31(29(34)39-30(2,3)4,25-21-24(37-5)18-19-26(25)32(35)36)28(33)38-27(22-14-10-8-11-15-22)23-16-12-9-13-17-23/h6-19,21,27H,20H2,1-5H3/b7-6+. The lowest BCUT2D eigenvalue weighted by Crippen LogP contribution is -2.48. The highest BCUT2D eigenvalue weighted by molar-refractivity contribution is 6.08. The van der Waals surface area contributed by atoms with Gasteiger partial charge in [0.15, 0.2) is 11.5 Å². The molecule has 1 atom stereocenters. The fourth-order valence-corrected chi connectivity index (χ4v) is 4.17. The number of methoxy groups -OCH3 is 1. The summed E-state index contributed by atoms with van der Waals surface area (Å²) in [6.07, 6.45) is 2.12. The van der Waals surface area contributed by atoms with Gasteiger partial charge in [-0.2, -0.15) is 0 Å². The van der Waals surface area contributed by atoms with E-state index in [0.717, 1.165) is 0 Å². The van der Waals surface area contributed by atoms with Crippen molar-refractivity contribution in [1.29, 1.82) is 0 Å². The van der Waals surface area contributed by atoms with Crippen LogP contribution in [0.4, 0.5) is 5.69 Å². The molecule has 0 bridgehead atoms. The fourth-order valence-electron chi connectivity index (χ4n) is 4.17. The monoisotopic (exact) mass is 531 g/mol. The van der Waals surface area contributed by atoms with Crippen LogP contribution < -0.4 is 4.74 Å². The minimum Gasteiger partial charge on any atom is -0.497 e. The first-order valence-electron chi connectivity index (χ1n) is 12.5. The SMILES string of the molecule is C/C=C/CC(C(=O)OC(c1ccccc1)c1ccccc1)(C(=O)OC(C)(C)C)c1cc(OC)ccc1[N+](=O)[O-]. The first-order chi connectivity index (χ1) is 18.5. The number of benzene rings is 3. The molecule has 0 radical (unpaired) electrons. The maximum Gasteiger partial charge on any atom is 0.329 e. The number of esters is 2. The van der Waals surface area contributed by atoms with Crippen LogP contribution in [0, 0.1) is 10.1 Å². The number of hydrogen-bond acceptors (Lipinski definition) is 7. The summed E-state index contributed by atoms with van der Waals surface area (Å²) >= 11 is 0. The minimum absolute atomic E-state index is 0.177. The van der Waals surface area contributed by atoms with Crippen molar-refractivity contribution in [2.24, 2.45) is 0 Å². The maximum atomic E-state index is 14.4. The van der Waals surface area contributed by atoms with Crippen LogP contribution in [0.15, 0.2) is 91.0 Å². The van der Waals surface area contributed by atoms with Crippen LogP contribution in [0.25, 0.3) is 0 Å². The molecule has 0 aliphatic carbocycles. The number of carbonyl (C=O) groups is 2. The van der Waals surface area contributed by atoms with Crippen molar-refractivity contribution in [2.45, 2.75) is 51.2 Å². The number of nitrogens with zero attached hydrogens (tertiary/aromatic N) is 1. The summed E-state index contributed by atoms with van der Waals surface area (Å²) in [5, 5.41) is 12.2. The van der Waals surface area contributed by atoms with Gasteiger partial charge in [-0.25, -0.2) is 0 Å². The zero-order valence-electron chi connectivity index (χ0n) is 22.7. The highest BCUT2D eigenvalue weighted by atomic mass is 16.6. The van der Waals surface area contributed by atoms with E-state index in [2.05, 4.69) is 0 Å². The molecule has 0 N–H and O–H groups in total. The molecule has 0 aliphatic heterocycles. The van der Waals surface area contributed by atoms with Crippen molar-refractivity contribution in [3.63, 3.8) is 0 Å². The Bertz CT molecular complexity index is 1290. The summed E-state index contributed by atoms with van der Waals surface area (Å²) in [5.41, 5.74) is -2.48. The van der Waals surface area contributed by atoms with Crippen LogP contribution in [0.3, 0.4) is 0 Å². The minimum atomic E-state index is -2.21. The number of ether oxygens (including phenoxy) is 3. The third-order valence-electron chi connectivity index (χ3n) is 6.05. The average Bonchev–Trinajstić information content (AvgIpc) is 2.91. The first kappa shape index (κ1) is 29.1. The smallest absolute Gasteiger partial charge is 0.329 e. The van der Waals surface area contributed by atoms with E-state index in [0.29, 0.717) is 11.1 Å². The summed E-state index contributed by atoms with van der Waals surface area (Å²) in [5.74, 6) is -1.71. The Hall–Kier alpha value is -4.46. The zero-order valence-corrected chi connectivity index (χ0v) is 22.7. The molecule has 0 fully saturated rings. The lowest BCUT2D eigenvalue weighted by molar-refractivity contribution is -0.386. The molecular formula is C31H33NO7. The Balaban J connectivity index is 2.30. The van der Waals surface area contributed by atoms with Crippen LogP contribution in [0.5, 0.6) is 5.75 Å². The van der Waals surface area contributed by atoms with Crippen LogP contribution in [-0.4, -0.2) is 29.6 Å². The highest BCUT2D eigenvalue weighted by Gasteiger charge is 2.55. The molecule has 1 unspecified atom stereocenters. The molecule has 3 aromatic rings. The van der Waals surface area contributed by atoms with Gasteiger partial charge in [0.2, 0.25) is 0 Å². The molecule has 0 spiro atoms. The molecule has 0 aliphatic rings. The quantitative estimate of drug-likeness (QED) is 0.0969. The lowest BCUT2D eigenvalue weighted by atomic mass is 9.76. The second-order valence-corrected chi connectivity index (χ2v) is 9.93. The molecule has 8 heteroatoms. The van der Waals surface area contributed by atoms with Crippen molar-refractivity contribution in [2.75, 3.05) is 7.11 Å². The van der Waals surface area contributed by atoms with Crippen LogP contribution >= 0.6 is 0 Å². The van der Waals surface area contributed by atoms with Gasteiger partial charge < -0.3 is 14.2 Å². The molecule has 3 rings (SSSR count). The Kier molecular flexibility index (Phi) is 9.24. The van der Waals surface area contributed by atoms with Gasteiger partial charge in [0.1, 0.15) is 11.4 Å². The summed E-state index contributed by atoms with van der Waals surface area (Å²) in [7, 11) is 1.39. The van der Waals surface area contributed by atoms with Gasteiger partial charge >= 0.3 is 11.9 Å². The summed E-state index contributed by atoms with van der Waals surface area (Å²) in [6.45, 7) is 6.70. The van der Waals surface area contributed by atoms with Crippen LogP contribution in [0.2, 0.25) is 0 Å². The van der Waals surface area contributed by atoms with Crippen molar-refractivity contribution in [3.05, 3.63) is 118 Å². The molecule has 204 valence electrons. The molecular weight excluding hydrogens is 498 g/mol. The molecule has 3 aromatic carbocycles. The second-order valence-electron chi connectivity index (χ2n) is 9.93. The fraction of sp³-hybridized carbons (Fsp3) is 0.290. The van der Waals surface area contributed by atoms with Gasteiger partial charge in [-0.1, -0.05) is 72.8 Å². The predicted molar refractivity (Wildman–Crippen MR) is 147 cm³/mol. The third-order valence-corrected chi connectivity index (χ3v) is 6.05. The highest BCUT2D eigenvalue weighted by Crippen LogP contribution is 2.42. The topological polar surface area (TPSA) is 105 Å². The molecule has 39 heavy (non-hydrogen) atoms. The summed E-state index contributed by atoms with van der Waals surface area (Å²) in [4.78, 5) is 40.0. The molecule has 0 saturated heterocycles. The van der Waals surface area contributed by atoms with Crippen molar-refractivity contribution >= 4 is 17.6 Å². The van der Waals surface area contributed by atoms with Crippen molar-refractivity contribution in [1.82, 2.24) is 0 Å². The van der Waals surface area contributed by atoms with E-state index >= 15 is 0 Å². The number of nitro groups is 1. The van der Waals surface area contributed by atoms with Gasteiger partial charge in [0.05, 0.1) is 17.6 Å². The van der Waals surface area contributed by atoms with Crippen molar-refractivity contribution in [3.8, 4) is 5.75 Å². The lowest BCUT2D eigenvalue weighted by Gasteiger charge is -2.33. The molecule has 0 saturated carbocycles. The summed E-state index contributed by atoms with van der Waals surface area (Å²) < 4.78 is 17.2. The number of rotatable bonds is 10. The number of nitro benzene ring substituents is 1.